The monoisotopic (exact) mass is 372 g/mol. The molecule has 2 amide bonds. The lowest BCUT2D eigenvalue weighted by atomic mass is 10.1. The Bertz CT molecular complexity index is 769. The van der Waals surface area contributed by atoms with Gasteiger partial charge < -0.3 is 10.6 Å². The van der Waals surface area contributed by atoms with Gasteiger partial charge in [-0.1, -0.05) is 18.2 Å². The third-order valence-corrected chi connectivity index (χ3v) is 4.60. The fourth-order valence-corrected chi connectivity index (χ4v) is 2.79. The minimum atomic E-state index is -0.189. The van der Waals surface area contributed by atoms with E-state index in [9.17, 15) is 9.59 Å². The molecule has 2 aromatic carbocycles. The molecule has 2 aromatic rings. The predicted octanol–water partition coefficient (Wildman–Crippen LogP) is 4.36. The van der Waals surface area contributed by atoms with Crippen molar-refractivity contribution in [2.75, 3.05) is 10.6 Å². The third-order valence-electron chi connectivity index (χ3n) is 3.91. The van der Waals surface area contributed by atoms with E-state index in [1.807, 2.05) is 43.3 Å². The fraction of sp³-hybridized carbons (Fsp3) is 0.222. The number of benzene rings is 2. The van der Waals surface area contributed by atoms with Crippen LogP contribution in [0.15, 0.2) is 46.9 Å². The molecule has 1 fully saturated rings. The Hall–Kier alpha value is -2.14. The van der Waals surface area contributed by atoms with Crippen LogP contribution >= 0.6 is 15.9 Å². The van der Waals surface area contributed by atoms with E-state index in [1.165, 1.54) is 0 Å². The van der Waals surface area contributed by atoms with Gasteiger partial charge in [0, 0.05) is 21.8 Å². The maximum atomic E-state index is 12.4. The summed E-state index contributed by atoms with van der Waals surface area (Å²) in [5.74, 6) is 0.0153. The first-order chi connectivity index (χ1) is 11.1. The van der Waals surface area contributed by atoms with Gasteiger partial charge in [-0.3, -0.25) is 9.59 Å². The van der Waals surface area contributed by atoms with Gasteiger partial charge in [-0.15, -0.1) is 0 Å². The van der Waals surface area contributed by atoms with E-state index >= 15 is 0 Å². The van der Waals surface area contributed by atoms with Gasteiger partial charge in [-0.2, -0.15) is 0 Å². The van der Waals surface area contributed by atoms with Crippen molar-refractivity contribution >= 4 is 39.1 Å². The van der Waals surface area contributed by atoms with Gasteiger partial charge in [0.25, 0.3) is 5.91 Å². The molecular formula is C18H17BrN2O2. The lowest BCUT2D eigenvalue weighted by Crippen LogP contribution is -2.16. The summed E-state index contributed by atoms with van der Waals surface area (Å²) >= 11 is 3.38. The second kappa shape index (κ2) is 6.54. The molecule has 1 aliphatic carbocycles. The van der Waals surface area contributed by atoms with Crippen LogP contribution < -0.4 is 10.6 Å². The van der Waals surface area contributed by atoms with Crippen LogP contribution in [0.25, 0.3) is 0 Å². The zero-order chi connectivity index (χ0) is 16.4. The van der Waals surface area contributed by atoms with Crippen molar-refractivity contribution in [2.24, 2.45) is 5.92 Å². The van der Waals surface area contributed by atoms with Crippen molar-refractivity contribution in [3.8, 4) is 0 Å². The van der Waals surface area contributed by atoms with Gasteiger partial charge in [-0.25, -0.2) is 0 Å². The number of nitrogens with one attached hydrogen (secondary N) is 2. The molecule has 2 N–H and O–H groups in total. The minimum absolute atomic E-state index is 0.0578. The number of anilines is 2. The Balaban J connectivity index is 1.79. The quantitative estimate of drug-likeness (QED) is 0.837. The van der Waals surface area contributed by atoms with Crippen LogP contribution in [0, 0.1) is 12.8 Å². The molecule has 118 valence electrons. The first kappa shape index (κ1) is 15.7. The van der Waals surface area contributed by atoms with E-state index in [1.54, 1.807) is 6.07 Å². The molecule has 0 aromatic heterocycles. The highest BCUT2D eigenvalue weighted by Gasteiger charge is 2.29. The van der Waals surface area contributed by atoms with Gasteiger partial charge in [0.2, 0.25) is 5.91 Å². The van der Waals surface area contributed by atoms with Crippen LogP contribution in [-0.2, 0) is 4.79 Å². The van der Waals surface area contributed by atoms with E-state index in [2.05, 4.69) is 26.6 Å². The number of halogens is 1. The molecule has 4 nitrogen and oxygen atoms in total. The Morgan fingerprint density at radius 1 is 1.00 bits per heavy atom. The average Bonchev–Trinajstić information content (AvgIpc) is 3.36. The van der Waals surface area contributed by atoms with Gasteiger partial charge >= 0.3 is 0 Å². The summed E-state index contributed by atoms with van der Waals surface area (Å²) in [4.78, 5) is 24.3. The number of amides is 2. The van der Waals surface area contributed by atoms with Gasteiger partial charge in [-0.05, 0) is 65.5 Å². The average molecular weight is 373 g/mol. The number of hydrogen-bond donors (Lipinski definition) is 2. The summed E-state index contributed by atoms with van der Waals surface area (Å²) in [6.07, 6.45) is 1.92. The van der Waals surface area contributed by atoms with Gasteiger partial charge in [0.1, 0.15) is 0 Å². The second-order valence-corrected chi connectivity index (χ2v) is 6.53. The first-order valence-electron chi connectivity index (χ1n) is 7.52. The number of carbonyl (C=O) groups excluding carboxylic acids is 2. The Kier molecular flexibility index (Phi) is 4.48. The van der Waals surface area contributed by atoms with E-state index in [0.717, 1.165) is 28.6 Å². The van der Waals surface area contributed by atoms with E-state index < -0.39 is 0 Å². The molecule has 0 aliphatic heterocycles. The van der Waals surface area contributed by atoms with Crippen LogP contribution in [0.3, 0.4) is 0 Å². The van der Waals surface area contributed by atoms with Crippen molar-refractivity contribution in [2.45, 2.75) is 19.8 Å². The largest absolute Gasteiger partial charge is 0.326 e. The molecular weight excluding hydrogens is 356 g/mol. The summed E-state index contributed by atoms with van der Waals surface area (Å²) in [6.45, 7) is 1.89. The van der Waals surface area contributed by atoms with Crippen LogP contribution in [0.1, 0.15) is 28.8 Å². The van der Waals surface area contributed by atoms with Crippen molar-refractivity contribution in [3.63, 3.8) is 0 Å². The SMILES string of the molecule is Cc1c(NC(=O)c2ccccc2Br)cccc1NC(=O)C1CC1. The molecule has 0 radical (unpaired) electrons. The molecule has 5 heteroatoms. The molecule has 0 unspecified atom stereocenters. The summed E-state index contributed by atoms with van der Waals surface area (Å²) in [6, 6.07) is 12.8. The van der Waals surface area contributed by atoms with Crippen LogP contribution in [0.5, 0.6) is 0 Å². The van der Waals surface area contributed by atoms with Crippen LogP contribution in [0.2, 0.25) is 0 Å². The highest BCUT2D eigenvalue weighted by molar-refractivity contribution is 9.10. The third kappa shape index (κ3) is 3.62. The molecule has 0 saturated heterocycles. The normalized spacial score (nSPS) is 13.5. The Morgan fingerprint density at radius 2 is 1.65 bits per heavy atom. The van der Waals surface area contributed by atoms with Crippen LogP contribution in [0.4, 0.5) is 11.4 Å². The molecule has 3 rings (SSSR count). The topological polar surface area (TPSA) is 58.2 Å². The maximum absolute atomic E-state index is 12.4. The van der Waals surface area contributed by atoms with E-state index in [0.29, 0.717) is 11.3 Å². The van der Waals surface area contributed by atoms with Gasteiger partial charge in [0.15, 0.2) is 0 Å². The Labute approximate surface area is 143 Å². The molecule has 0 spiro atoms. The first-order valence-corrected chi connectivity index (χ1v) is 8.32. The van der Waals surface area contributed by atoms with Crippen molar-refractivity contribution < 1.29 is 9.59 Å². The summed E-state index contributed by atoms with van der Waals surface area (Å²) in [5.41, 5.74) is 2.85. The van der Waals surface area contributed by atoms with Gasteiger partial charge in [0.05, 0.1) is 5.56 Å². The zero-order valence-corrected chi connectivity index (χ0v) is 14.3. The fourth-order valence-electron chi connectivity index (χ4n) is 2.32. The molecule has 0 bridgehead atoms. The maximum Gasteiger partial charge on any atom is 0.256 e. The van der Waals surface area contributed by atoms with Crippen molar-refractivity contribution in [3.05, 3.63) is 58.1 Å². The molecule has 0 heterocycles. The summed E-state index contributed by atoms with van der Waals surface area (Å²) < 4.78 is 0.744. The highest BCUT2D eigenvalue weighted by atomic mass is 79.9. The molecule has 0 atom stereocenters. The van der Waals surface area contributed by atoms with Crippen LogP contribution in [-0.4, -0.2) is 11.8 Å². The lowest BCUT2D eigenvalue weighted by Gasteiger charge is -2.14. The Morgan fingerprint density at radius 3 is 2.30 bits per heavy atom. The second-order valence-electron chi connectivity index (χ2n) is 5.68. The lowest BCUT2D eigenvalue weighted by molar-refractivity contribution is -0.117. The zero-order valence-electron chi connectivity index (χ0n) is 12.7. The minimum Gasteiger partial charge on any atom is -0.326 e. The standard InChI is InChI=1S/C18H17BrN2O2/c1-11-15(20-17(22)12-9-10-12)7-4-8-16(11)21-18(23)13-5-2-3-6-14(13)19/h2-8,12H,9-10H2,1H3,(H,20,22)(H,21,23). The summed E-state index contributed by atoms with van der Waals surface area (Å²) in [7, 11) is 0. The molecule has 1 saturated carbocycles. The number of hydrogen-bond acceptors (Lipinski definition) is 2. The molecule has 23 heavy (non-hydrogen) atoms. The predicted molar refractivity (Wildman–Crippen MR) is 94.6 cm³/mol. The number of rotatable bonds is 4. The van der Waals surface area contributed by atoms with E-state index in [-0.39, 0.29) is 17.7 Å². The van der Waals surface area contributed by atoms with Crippen molar-refractivity contribution in [1.82, 2.24) is 0 Å². The smallest absolute Gasteiger partial charge is 0.256 e. The summed E-state index contributed by atoms with van der Waals surface area (Å²) in [5, 5.41) is 5.84. The number of carbonyl (C=O) groups is 2. The molecule has 1 aliphatic rings. The van der Waals surface area contributed by atoms with Crippen molar-refractivity contribution in [1.29, 1.82) is 0 Å². The highest BCUT2D eigenvalue weighted by Crippen LogP contribution is 2.32. The van der Waals surface area contributed by atoms with E-state index in [4.69, 9.17) is 0 Å².